The smallest absolute Gasteiger partial charge is 0.322 e. The van der Waals surface area contributed by atoms with Crippen molar-refractivity contribution in [3.8, 4) is 5.75 Å². The van der Waals surface area contributed by atoms with Gasteiger partial charge in [0.2, 0.25) is 5.91 Å². The molecule has 5 nitrogen and oxygen atoms in total. The van der Waals surface area contributed by atoms with Crippen LogP contribution < -0.4 is 15.4 Å². The van der Waals surface area contributed by atoms with Crippen molar-refractivity contribution in [2.75, 3.05) is 6.61 Å². The lowest BCUT2D eigenvalue weighted by Crippen LogP contribution is -2.60. The molecule has 1 atom stereocenters. The molecular weight excluding hydrogens is 256 g/mol. The fourth-order valence-corrected chi connectivity index (χ4v) is 2.69. The molecule has 1 fully saturated rings. The minimum Gasteiger partial charge on any atom is -0.493 e. The molecule has 0 saturated carbocycles. The van der Waals surface area contributed by atoms with Gasteiger partial charge in [-0.25, -0.2) is 4.79 Å². The van der Waals surface area contributed by atoms with Crippen LogP contribution in [-0.4, -0.2) is 18.5 Å². The second-order valence-electron chi connectivity index (χ2n) is 4.50. The van der Waals surface area contributed by atoms with Gasteiger partial charge in [0.15, 0.2) is 0 Å². The summed E-state index contributed by atoms with van der Waals surface area (Å²) in [4.78, 5) is 23.1. The molecule has 1 unspecified atom stereocenters. The highest BCUT2D eigenvalue weighted by molar-refractivity contribution is 6.30. The Morgan fingerprint density at radius 2 is 2.17 bits per heavy atom. The first-order valence-electron chi connectivity index (χ1n) is 5.64. The molecule has 1 aromatic carbocycles. The SMILES string of the molecule is O=C1CC2(CCOc3cc(Cl)ccc32)NC(=O)N1. The Balaban J connectivity index is 2.09. The molecule has 1 aromatic rings. The molecule has 94 valence electrons. The van der Waals surface area contributed by atoms with E-state index in [1.807, 2.05) is 0 Å². The summed E-state index contributed by atoms with van der Waals surface area (Å²) in [6.07, 6.45) is 0.789. The van der Waals surface area contributed by atoms with Gasteiger partial charge < -0.3 is 10.1 Å². The van der Waals surface area contributed by atoms with E-state index >= 15 is 0 Å². The molecule has 1 saturated heterocycles. The lowest BCUT2D eigenvalue weighted by molar-refractivity contribution is -0.123. The Bertz CT molecular complexity index is 528. The highest BCUT2D eigenvalue weighted by Crippen LogP contribution is 2.41. The van der Waals surface area contributed by atoms with Gasteiger partial charge in [-0.05, 0) is 12.1 Å². The molecule has 3 amide bonds. The van der Waals surface area contributed by atoms with Gasteiger partial charge in [0.1, 0.15) is 5.75 Å². The van der Waals surface area contributed by atoms with E-state index in [9.17, 15) is 9.59 Å². The zero-order valence-corrected chi connectivity index (χ0v) is 10.2. The van der Waals surface area contributed by atoms with E-state index in [0.717, 1.165) is 5.56 Å². The highest BCUT2D eigenvalue weighted by atomic mass is 35.5. The maximum Gasteiger partial charge on any atom is 0.322 e. The number of hydrogen-bond donors (Lipinski definition) is 2. The number of urea groups is 1. The van der Waals surface area contributed by atoms with Gasteiger partial charge in [0.05, 0.1) is 18.6 Å². The van der Waals surface area contributed by atoms with Crippen LogP contribution in [0.15, 0.2) is 18.2 Å². The molecule has 2 aliphatic rings. The van der Waals surface area contributed by atoms with Crippen molar-refractivity contribution in [1.29, 1.82) is 0 Å². The number of benzene rings is 1. The van der Waals surface area contributed by atoms with Crippen molar-refractivity contribution in [2.45, 2.75) is 18.4 Å². The molecular formula is C12H11ClN2O3. The Labute approximate surface area is 108 Å². The zero-order chi connectivity index (χ0) is 12.8. The number of nitrogens with one attached hydrogen (secondary N) is 2. The van der Waals surface area contributed by atoms with Crippen LogP contribution in [0.2, 0.25) is 5.02 Å². The molecule has 6 heteroatoms. The fraction of sp³-hybridized carbons (Fsp3) is 0.333. The molecule has 0 aromatic heterocycles. The third kappa shape index (κ3) is 1.71. The summed E-state index contributed by atoms with van der Waals surface area (Å²) in [5.74, 6) is 0.352. The Hall–Kier alpha value is -1.75. The highest BCUT2D eigenvalue weighted by Gasteiger charge is 2.44. The quantitative estimate of drug-likeness (QED) is 0.749. The van der Waals surface area contributed by atoms with Crippen molar-refractivity contribution in [2.24, 2.45) is 0 Å². The maximum absolute atomic E-state index is 11.6. The molecule has 2 aliphatic heterocycles. The van der Waals surface area contributed by atoms with Crippen molar-refractivity contribution < 1.29 is 14.3 Å². The van der Waals surface area contributed by atoms with Gasteiger partial charge in [-0.2, -0.15) is 0 Å². The Morgan fingerprint density at radius 3 is 2.94 bits per heavy atom. The number of imide groups is 1. The number of fused-ring (bicyclic) bond motifs is 2. The Kier molecular flexibility index (Phi) is 2.45. The van der Waals surface area contributed by atoms with Crippen LogP contribution in [0.5, 0.6) is 5.75 Å². The molecule has 18 heavy (non-hydrogen) atoms. The summed E-state index contributed by atoms with van der Waals surface area (Å²) in [6, 6.07) is 4.77. The third-order valence-electron chi connectivity index (χ3n) is 3.31. The first-order chi connectivity index (χ1) is 8.59. The van der Waals surface area contributed by atoms with E-state index in [1.165, 1.54) is 0 Å². The van der Waals surface area contributed by atoms with Crippen LogP contribution in [0.3, 0.4) is 0 Å². The summed E-state index contributed by atoms with van der Waals surface area (Å²) in [7, 11) is 0. The van der Waals surface area contributed by atoms with Crippen LogP contribution in [0, 0.1) is 0 Å². The second-order valence-corrected chi connectivity index (χ2v) is 4.94. The molecule has 0 bridgehead atoms. The lowest BCUT2D eigenvalue weighted by atomic mass is 9.80. The van der Waals surface area contributed by atoms with Crippen LogP contribution >= 0.6 is 11.6 Å². The minimum atomic E-state index is -0.669. The van der Waals surface area contributed by atoms with Gasteiger partial charge in [-0.3, -0.25) is 10.1 Å². The predicted molar refractivity (Wildman–Crippen MR) is 64.5 cm³/mol. The van der Waals surface area contributed by atoms with Crippen LogP contribution in [0.4, 0.5) is 4.79 Å². The van der Waals surface area contributed by atoms with E-state index in [4.69, 9.17) is 16.3 Å². The largest absolute Gasteiger partial charge is 0.493 e. The molecule has 2 heterocycles. The van der Waals surface area contributed by atoms with E-state index in [-0.39, 0.29) is 12.3 Å². The maximum atomic E-state index is 11.6. The van der Waals surface area contributed by atoms with Crippen molar-refractivity contribution in [1.82, 2.24) is 10.6 Å². The molecule has 0 radical (unpaired) electrons. The van der Waals surface area contributed by atoms with Crippen LogP contribution in [-0.2, 0) is 10.3 Å². The van der Waals surface area contributed by atoms with Crippen molar-refractivity contribution in [3.63, 3.8) is 0 Å². The summed E-state index contributed by atoms with van der Waals surface area (Å²) >= 11 is 5.91. The summed E-state index contributed by atoms with van der Waals surface area (Å²) in [5, 5.41) is 5.65. The molecule has 1 spiro atoms. The van der Waals surface area contributed by atoms with Crippen LogP contribution in [0.25, 0.3) is 0 Å². The van der Waals surface area contributed by atoms with Gasteiger partial charge in [-0.1, -0.05) is 17.7 Å². The van der Waals surface area contributed by atoms with Gasteiger partial charge >= 0.3 is 6.03 Å². The number of carbonyl (C=O) groups excluding carboxylic acids is 2. The number of carbonyl (C=O) groups is 2. The van der Waals surface area contributed by atoms with Gasteiger partial charge in [-0.15, -0.1) is 0 Å². The number of hydrogen-bond acceptors (Lipinski definition) is 3. The van der Waals surface area contributed by atoms with Crippen molar-refractivity contribution in [3.05, 3.63) is 28.8 Å². The minimum absolute atomic E-state index is 0.219. The monoisotopic (exact) mass is 266 g/mol. The Morgan fingerprint density at radius 1 is 1.33 bits per heavy atom. The number of amides is 3. The van der Waals surface area contributed by atoms with Gasteiger partial charge in [0.25, 0.3) is 0 Å². The fourth-order valence-electron chi connectivity index (χ4n) is 2.53. The van der Waals surface area contributed by atoms with E-state index < -0.39 is 11.6 Å². The molecule has 3 rings (SSSR count). The zero-order valence-electron chi connectivity index (χ0n) is 9.46. The topological polar surface area (TPSA) is 67.4 Å². The number of ether oxygens (including phenoxy) is 1. The first kappa shape index (κ1) is 11.3. The average Bonchev–Trinajstić information content (AvgIpc) is 2.27. The molecule has 2 N–H and O–H groups in total. The second kappa shape index (κ2) is 3.88. The summed E-state index contributed by atoms with van der Waals surface area (Å²) in [6.45, 7) is 0.445. The van der Waals surface area contributed by atoms with Crippen LogP contribution in [0.1, 0.15) is 18.4 Å². The first-order valence-corrected chi connectivity index (χ1v) is 6.02. The average molecular weight is 267 g/mol. The summed E-state index contributed by atoms with van der Waals surface area (Å²) < 4.78 is 5.53. The lowest BCUT2D eigenvalue weighted by Gasteiger charge is -2.41. The molecule has 0 aliphatic carbocycles. The summed E-state index contributed by atoms with van der Waals surface area (Å²) in [5.41, 5.74) is 0.138. The van der Waals surface area contributed by atoms with E-state index in [1.54, 1.807) is 18.2 Å². The van der Waals surface area contributed by atoms with Gasteiger partial charge in [0, 0.05) is 17.0 Å². The van der Waals surface area contributed by atoms with E-state index in [0.29, 0.717) is 23.8 Å². The predicted octanol–water partition coefficient (Wildman–Crippen LogP) is 1.55. The van der Waals surface area contributed by atoms with E-state index in [2.05, 4.69) is 10.6 Å². The normalized spacial score (nSPS) is 26.1. The number of halogens is 1. The number of rotatable bonds is 0. The standard InChI is InChI=1S/C12H11ClN2O3/c13-7-1-2-8-9(5-7)18-4-3-12(8)6-10(16)14-11(17)15-12/h1-2,5H,3-4,6H2,(H2,14,15,16,17). The van der Waals surface area contributed by atoms with Crippen molar-refractivity contribution >= 4 is 23.5 Å². The third-order valence-corrected chi connectivity index (χ3v) is 3.55.